The van der Waals surface area contributed by atoms with E-state index in [4.69, 9.17) is 4.74 Å². The van der Waals surface area contributed by atoms with Gasteiger partial charge in [-0.1, -0.05) is 30.4 Å². The largest absolute Gasteiger partial charge is 0.465 e. The highest BCUT2D eigenvalue weighted by Gasteiger charge is 2.14. The molecule has 1 atom stereocenters. The Balaban J connectivity index is 1.95. The smallest absolute Gasteiger partial charge is 0.337 e. The van der Waals surface area contributed by atoms with Crippen LogP contribution in [0.3, 0.4) is 0 Å². The van der Waals surface area contributed by atoms with Crippen molar-refractivity contribution in [1.29, 1.82) is 0 Å². The standard InChI is InChI=1S/C18H19NO2/c1-19-12-15(10-13-6-4-3-5-7-13)16-9-8-14(11-17(16)19)18(20)21-2/h3-6,8-9,11-13H,7,10H2,1-2H3. The first-order valence-electron chi connectivity index (χ1n) is 7.18. The zero-order valence-electron chi connectivity index (χ0n) is 12.4. The number of carbonyl (C=O) groups is 1. The maximum atomic E-state index is 11.6. The van der Waals surface area contributed by atoms with Crippen LogP contribution in [0, 0.1) is 5.92 Å². The molecular formula is C18H19NO2. The van der Waals surface area contributed by atoms with Crippen molar-refractivity contribution >= 4 is 16.9 Å². The average molecular weight is 281 g/mol. The first-order chi connectivity index (χ1) is 10.2. The number of aryl methyl sites for hydroxylation is 1. The molecule has 1 aromatic carbocycles. The summed E-state index contributed by atoms with van der Waals surface area (Å²) in [5.41, 5.74) is 3.00. The SMILES string of the molecule is COC(=O)c1ccc2c(CC3C=CC=CC3)cn(C)c2c1. The number of allylic oxidation sites excluding steroid dienone is 4. The number of hydrogen-bond donors (Lipinski definition) is 0. The van der Waals surface area contributed by atoms with E-state index in [0.717, 1.165) is 18.4 Å². The number of nitrogens with zero attached hydrogens (tertiary/aromatic N) is 1. The predicted molar refractivity (Wildman–Crippen MR) is 84.3 cm³/mol. The van der Waals surface area contributed by atoms with Crippen LogP contribution >= 0.6 is 0 Å². The maximum Gasteiger partial charge on any atom is 0.337 e. The normalized spacial score (nSPS) is 17.3. The summed E-state index contributed by atoms with van der Waals surface area (Å²) in [6.45, 7) is 0. The van der Waals surface area contributed by atoms with Crippen molar-refractivity contribution < 1.29 is 9.53 Å². The van der Waals surface area contributed by atoms with E-state index in [0.29, 0.717) is 11.5 Å². The third kappa shape index (κ3) is 2.64. The topological polar surface area (TPSA) is 31.2 Å². The molecule has 2 aromatic rings. The number of benzene rings is 1. The number of esters is 1. The Kier molecular flexibility index (Phi) is 3.65. The molecule has 3 rings (SSSR count). The highest BCUT2D eigenvalue weighted by Crippen LogP contribution is 2.26. The molecule has 0 saturated heterocycles. The van der Waals surface area contributed by atoms with Gasteiger partial charge in [0.05, 0.1) is 12.7 Å². The van der Waals surface area contributed by atoms with Crippen LogP contribution in [0.4, 0.5) is 0 Å². The molecule has 1 aromatic heterocycles. The number of fused-ring (bicyclic) bond motifs is 1. The average Bonchev–Trinajstić information content (AvgIpc) is 2.83. The first-order valence-corrected chi connectivity index (χ1v) is 7.18. The van der Waals surface area contributed by atoms with Gasteiger partial charge in [-0.3, -0.25) is 0 Å². The number of ether oxygens (including phenoxy) is 1. The van der Waals surface area contributed by atoms with Crippen molar-refractivity contribution in [3.8, 4) is 0 Å². The second-order valence-corrected chi connectivity index (χ2v) is 5.50. The van der Waals surface area contributed by atoms with E-state index >= 15 is 0 Å². The first kappa shape index (κ1) is 13.7. The van der Waals surface area contributed by atoms with E-state index in [2.05, 4.69) is 35.1 Å². The van der Waals surface area contributed by atoms with Crippen LogP contribution in [0.2, 0.25) is 0 Å². The number of methoxy groups -OCH3 is 1. The summed E-state index contributed by atoms with van der Waals surface area (Å²) in [4.78, 5) is 11.6. The number of carbonyl (C=O) groups excluding carboxylic acids is 1. The lowest BCUT2D eigenvalue weighted by atomic mass is 9.93. The Morgan fingerprint density at radius 3 is 2.95 bits per heavy atom. The fraction of sp³-hybridized carbons (Fsp3) is 0.278. The monoisotopic (exact) mass is 281 g/mol. The zero-order valence-corrected chi connectivity index (χ0v) is 12.4. The van der Waals surface area contributed by atoms with Crippen molar-refractivity contribution in [3.63, 3.8) is 0 Å². The van der Waals surface area contributed by atoms with Crippen molar-refractivity contribution in [3.05, 3.63) is 59.8 Å². The lowest BCUT2D eigenvalue weighted by molar-refractivity contribution is 0.0601. The second kappa shape index (κ2) is 5.60. The van der Waals surface area contributed by atoms with Gasteiger partial charge in [0.2, 0.25) is 0 Å². The van der Waals surface area contributed by atoms with Gasteiger partial charge in [-0.05, 0) is 36.5 Å². The number of aromatic nitrogens is 1. The molecule has 0 amide bonds. The predicted octanol–water partition coefficient (Wildman–Crippen LogP) is 3.64. The van der Waals surface area contributed by atoms with Gasteiger partial charge in [0.25, 0.3) is 0 Å². The molecule has 1 aliphatic carbocycles. The molecule has 0 bridgehead atoms. The van der Waals surface area contributed by atoms with E-state index < -0.39 is 0 Å². The summed E-state index contributed by atoms with van der Waals surface area (Å²) in [5, 5.41) is 1.22. The molecular weight excluding hydrogens is 262 g/mol. The van der Waals surface area contributed by atoms with Crippen LogP contribution in [0.1, 0.15) is 22.3 Å². The van der Waals surface area contributed by atoms with Gasteiger partial charge in [-0.15, -0.1) is 0 Å². The van der Waals surface area contributed by atoms with E-state index in [1.54, 1.807) is 0 Å². The van der Waals surface area contributed by atoms with Gasteiger partial charge in [-0.25, -0.2) is 4.79 Å². The molecule has 0 radical (unpaired) electrons. The lowest BCUT2D eigenvalue weighted by Gasteiger charge is -2.12. The van der Waals surface area contributed by atoms with Gasteiger partial charge >= 0.3 is 5.97 Å². The minimum absolute atomic E-state index is 0.292. The Bertz CT molecular complexity index is 737. The quantitative estimate of drug-likeness (QED) is 0.804. The van der Waals surface area contributed by atoms with Crippen LogP contribution in [0.5, 0.6) is 0 Å². The Labute approximate surface area is 124 Å². The molecule has 3 heteroatoms. The molecule has 0 N–H and O–H groups in total. The third-order valence-corrected chi connectivity index (χ3v) is 4.05. The molecule has 0 spiro atoms. The van der Waals surface area contributed by atoms with E-state index in [-0.39, 0.29) is 5.97 Å². The molecule has 21 heavy (non-hydrogen) atoms. The van der Waals surface area contributed by atoms with Crippen LogP contribution in [0.25, 0.3) is 10.9 Å². The molecule has 0 saturated carbocycles. The Morgan fingerprint density at radius 1 is 1.38 bits per heavy atom. The highest BCUT2D eigenvalue weighted by molar-refractivity contribution is 5.95. The second-order valence-electron chi connectivity index (χ2n) is 5.50. The summed E-state index contributed by atoms with van der Waals surface area (Å²) in [6, 6.07) is 5.77. The summed E-state index contributed by atoms with van der Waals surface area (Å²) >= 11 is 0. The van der Waals surface area contributed by atoms with Gasteiger partial charge in [0.15, 0.2) is 0 Å². The maximum absolute atomic E-state index is 11.6. The van der Waals surface area contributed by atoms with Gasteiger partial charge < -0.3 is 9.30 Å². The fourth-order valence-corrected chi connectivity index (χ4v) is 2.94. The minimum atomic E-state index is -0.292. The molecule has 1 heterocycles. The molecule has 1 aliphatic rings. The van der Waals surface area contributed by atoms with Crippen LogP contribution in [0.15, 0.2) is 48.7 Å². The van der Waals surface area contributed by atoms with Crippen molar-refractivity contribution in [2.24, 2.45) is 13.0 Å². The van der Waals surface area contributed by atoms with E-state index in [1.165, 1.54) is 18.1 Å². The Hall–Kier alpha value is -2.29. The lowest BCUT2D eigenvalue weighted by Crippen LogP contribution is -2.02. The third-order valence-electron chi connectivity index (χ3n) is 4.05. The number of hydrogen-bond acceptors (Lipinski definition) is 2. The van der Waals surface area contributed by atoms with Crippen molar-refractivity contribution in [1.82, 2.24) is 4.57 Å². The van der Waals surface area contributed by atoms with E-state index in [9.17, 15) is 4.79 Å². The van der Waals surface area contributed by atoms with Gasteiger partial charge in [0, 0.05) is 24.1 Å². The van der Waals surface area contributed by atoms with E-state index in [1.807, 2.05) is 25.2 Å². The summed E-state index contributed by atoms with van der Waals surface area (Å²) in [7, 11) is 3.43. The Morgan fingerprint density at radius 2 is 2.24 bits per heavy atom. The minimum Gasteiger partial charge on any atom is -0.465 e. The summed E-state index contributed by atoms with van der Waals surface area (Å²) < 4.78 is 6.87. The summed E-state index contributed by atoms with van der Waals surface area (Å²) in [6.07, 6.45) is 13.0. The molecule has 0 aliphatic heterocycles. The summed E-state index contributed by atoms with van der Waals surface area (Å²) in [5.74, 6) is 0.265. The molecule has 3 nitrogen and oxygen atoms in total. The van der Waals surface area contributed by atoms with Crippen LogP contribution < -0.4 is 0 Å². The molecule has 1 unspecified atom stereocenters. The van der Waals surface area contributed by atoms with Crippen molar-refractivity contribution in [2.75, 3.05) is 7.11 Å². The van der Waals surface area contributed by atoms with Gasteiger partial charge in [0.1, 0.15) is 0 Å². The fourth-order valence-electron chi connectivity index (χ4n) is 2.94. The molecule has 0 fully saturated rings. The van der Waals surface area contributed by atoms with Crippen molar-refractivity contribution in [2.45, 2.75) is 12.8 Å². The zero-order chi connectivity index (χ0) is 14.8. The van der Waals surface area contributed by atoms with Crippen LogP contribution in [-0.4, -0.2) is 17.6 Å². The number of rotatable bonds is 3. The van der Waals surface area contributed by atoms with Gasteiger partial charge in [-0.2, -0.15) is 0 Å². The highest BCUT2D eigenvalue weighted by atomic mass is 16.5. The van der Waals surface area contributed by atoms with Crippen LogP contribution in [-0.2, 0) is 18.2 Å². The molecule has 108 valence electrons.